The minimum absolute atomic E-state index is 0. The first kappa shape index (κ1) is 117. The molecule has 5 spiro atoms. The number of anilines is 1. The Kier molecular flexibility index (Phi) is 45.6. The van der Waals surface area contributed by atoms with Crippen molar-refractivity contribution in [3.63, 3.8) is 0 Å². The fourth-order valence-corrected chi connectivity index (χ4v) is 20.0. The molecule has 0 bridgehead atoms. The number of carbonyl (C=O) groups is 8. The summed E-state index contributed by atoms with van der Waals surface area (Å²) in [6.45, 7) is 36.1. The van der Waals surface area contributed by atoms with Crippen molar-refractivity contribution in [2.45, 2.75) is 137 Å². The second-order valence-corrected chi connectivity index (χ2v) is 42.1. The van der Waals surface area contributed by atoms with Gasteiger partial charge in [0.1, 0.15) is 28.0 Å². The second kappa shape index (κ2) is 56.7. The minimum Gasteiger partial charge on any atom is -1.00 e. The number of halogens is 4. The van der Waals surface area contributed by atoms with Gasteiger partial charge >= 0.3 is 30.2 Å². The van der Waals surface area contributed by atoms with Gasteiger partial charge in [0.2, 0.25) is 0 Å². The number of imide groups is 3. The van der Waals surface area contributed by atoms with Gasteiger partial charge in [-0.2, -0.15) is 10.2 Å². The molecule has 3 aromatic carbocycles. The third-order valence-corrected chi connectivity index (χ3v) is 28.9. The van der Waals surface area contributed by atoms with E-state index in [0.717, 1.165) is 191 Å². The van der Waals surface area contributed by atoms with Crippen LogP contribution in [0.5, 0.6) is 0 Å². The monoisotopic (exact) mass is 2210 g/mol. The van der Waals surface area contributed by atoms with Gasteiger partial charge in [-0.1, -0.05) is 148 Å². The summed E-state index contributed by atoms with van der Waals surface area (Å²) in [6.07, 6.45) is 23.3. The third kappa shape index (κ3) is 34.9. The molecule has 8 N–H and O–H groups in total. The number of rotatable bonds is 24. The molecular formula is C102H150Br3ClN30O9. The molecule has 11 aliphatic heterocycles. The molecule has 0 atom stereocenters. The van der Waals surface area contributed by atoms with Crippen LogP contribution in [-0.4, -0.2) is 401 Å². The van der Waals surface area contributed by atoms with Crippen LogP contribution >= 0.6 is 43.5 Å². The van der Waals surface area contributed by atoms with E-state index in [-0.39, 0.29) is 92.7 Å². The first-order valence-corrected chi connectivity index (χ1v) is 52.7. The molecule has 12 fully saturated rings. The number of hydrogen-bond donors (Lipinski definition) is 8. The molecule has 11 saturated heterocycles. The van der Waals surface area contributed by atoms with Crippen LogP contribution in [-0.2, 0) is 52.9 Å². The first-order chi connectivity index (χ1) is 69.1. The van der Waals surface area contributed by atoms with Gasteiger partial charge in [0.25, 0.3) is 29.4 Å². The number of benzene rings is 3. The Hall–Kier alpha value is -10.3. The molecule has 790 valence electrons. The van der Waals surface area contributed by atoms with Crippen LogP contribution in [0.2, 0.25) is 5.15 Å². The number of carbonyl (C=O) groups excluding carboxylic acids is 8. The predicted octanol–water partition coefficient (Wildman–Crippen LogP) is 5.38. The average Bonchev–Trinajstić information content (AvgIpc) is 1.61. The van der Waals surface area contributed by atoms with E-state index in [1.807, 2.05) is 126 Å². The molecule has 1 aliphatic carbocycles. The third-order valence-electron chi connectivity index (χ3n) is 27.4. The summed E-state index contributed by atoms with van der Waals surface area (Å²) in [6, 6.07) is 30.6. The molecule has 4 aromatic heterocycles. The summed E-state index contributed by atoms with van der Waals surface area (Å²) >= 11 is 12.4. The van der Waals surface area contributed by atoms with Gasteiger partial charge in [-0.25, -0.2) is 33.9 Å². The quantitative estimate of drug-likeness (QED) is 0.0214. The molecule has 15 heterocycles. The smallest absolute Gasteiger partial charge is 0.325 e. The number of aryl methyl sites for hydroxylation is 2. The molecule has 0 radical (unpaired) electrons. The zero-order chi connectivity index (χ0) is 104. The van der Waals surface area contributed by atoms with Crippen molar-refractivity contribution in [2.24, 2.45) is 20.0 Å². The fourth-order valence-electron chi connectivity index (χ4n) is 18.4. The van der Waals surface area contributed by atoms with E-state index in [2.05, 4.69) is 202 Å². The molecule has 13 amide bonds. The lowest BCUT2D eigenvalue weighted by Gasteiger charge is -2.39. The minimum atomic E-state index is -0.684. The molecule has 1 saturated carbocycles. The van der Waals surface area contributed by atoms with E-state index in [1.54, 1.807) is 41.2 Å². The Labute approximate surface area is 887 Å². The maximum atomic E-state index is 12.8. The lowest BCUT2D eigenvalue weighted by Crippen LogP contribution is -3.06. The van der Waals surface area contributed by atoms with Crippen molar-refractivity contribution in [1.82, 2.24) is 131 Å². The van der Waals surface area contributed by atoms with E-state index in [1.165, 1.54) is 75.1 Å². The summed E-state index contributed by atoms with van der Waals surface area (Å²) in [5.41, 5.74) is 4.31. The summed E-state index contributed by atoms with van der Waals surface area (Å²) in [4.78, 5) is 146. The van der Waals surface area contributed by atoms with Gasteiger partial charge < -0.3 is 103 Å². The Balaban J connectivity index is 0.000000174. The number of nitrogens with one attached hydrogen (secondary N) is 8. The van der Waals surface area contributed by atoms with Gasteiger partial charge in [0.05, 0.1) is 49.4 Å². The number of ether oxygens (including phenoxy) is 1. The number of nitrogens with zero attached hydrogens (tertiary/aromatic N) is 22. The maximum absolute atomic E-state index is 12.8. The number of likely N-dealkylation sites (N-methyl/N-ethyl adjacent to an activating group) is 4. The van der Waals surface area contributed by atoms with Crippen molar-refractivity contribution in [3.05, 3.63) is 173 Å². The SMILES string of the molecule is BrCC1CC1.C1CCOC1.CN(C)CCN1C(=O)NC2(CCN(Cc3ccccc3)CC2)C1=O.CN(C)CCN1C(=O)NC2(CCNCC2)C1=O.CN(C)CCN1CC2(CCN(Cc3ccccc3)CC2)NC1=O.C[NH+](C)CCBr.O=C1NC(=O)C2(CCN(Cc3ccccc3)CC2)N1.[Br-].[C-]#[N+]c1ncc(Cl)nc1-c1cnn(C)c1.[C-]#[N+]c1ncc(N2CCC3(CC2)CN(CCN(C)C)C(=O)N3)nc1-c1cnn(C)c1. The highest BCUT2D eigenvalue weighted by Crippen LogP contribution is 2.37. The molecule has 19 rings (SSSR count). The number of piperidine rings is 5. The summed E-state index contributed by atoms with van der Waals surface area (Å²) in [5.74, 6) is 2.04. The van der Waals surface area contributed by atoms with Crippen LogP contribution in [0.1, 0.15) is 107 Å². The zero-order valence-corrected chi connectivity index (χ0v) is 91.9. The highest BCUT2D eigenvalue weighted by atomic mass is 79.9. The van der Waals surface area contributed by atoms with Crippen molar-refractivity contribution >= 4 is 109 Å². The summed E-state index contributed by atoms with van der Waals surface area (Å²) < 4.78 is 8.26. The van der Waals surface area contributed by atoms with E-state index in [0.29, 0.717) is 76.1 Å². The number of hydrogen-bond acceptors (Lipinski definition) is 24. The van der Waals surface area contributed by atoms with Crippen LogP contribution in [0.4, 0.5) is 41.4 Å². The number of quaternary nitrogens is 1. The molecule has 43 heteroatoms. The highest BCUT2D eigenvalue weighted by Gasteiger charge is 2.54. The van der Waals surface area contributed by atoms with Gasteiger partial charge in [-0.05, 0) is 182 Å². The molecule has 0 unspecified atom stereocenters. The van der Waals surface area contributed by atoms with Gasteiger partial charge in [0.15, 0.2) is 23.4 Å². The average molecular weight is 2220 g/mol. The highest BCUT2D eigenvalue weighted by molar-refractivity contribution is 9.09. The number of aromatic nitrogens is 8. The Morgan fingerprint density at radius 1 is 0.490 bits per heavy atom. The topological polar surface area (TPSA) is 369 Å². The Morgan fingerprint density at radius 3 is 1.23 bits per heavy atom. The van der Waals surface area contributed by atoms with Crippen LogP contribution in [0.15, 0.2) is 128 Å². The first-order valence-electron chi connectivity index (χ1n) is 50.1. The molecular weight excluding hydrogens is 2060 g/mol. The van der Waals surface area contributed by atoms with Gasteiger partial charge in [0, 0.05) is 194 Å². The van der Waals surface area contributed by atoms with Gasteiger partial charge in [-0.15, -0.1) is 9.97 Å². The predicted molar refractivity (Wildman–Crippen MR) is 566 cm³/mol. The van der Waals surface area contributed by atoms with E-state index < -0.39 is 16.6 Å². The number of likely N-dealkylation sites (tertiary alicyclic amines) is 3. The Morgan fingerprint density at radius 2 is 0.883 bits per heavy atom. The number of amides is 13. The largest absolute Gasteiger partial charge is 1.00 e. The standard InChI is InChI=1S/C20H27N9O.C18H26N4O2.C18H28N4O.C14H17N3O2.C11H20N4O2.C9H6ClN5.C4H10BrN.C4H7Br.C4H8O.BrH/c1-21-18-17(15-11-23-27(4)13-15)24-16(12-22-18)28-7-5-20(6-8-28)14-29(19(30)25-20)10-9-26(2)3;1-20(2)12-13-22-16(23)18(19-17(22)24)8-10-21(11-9-18)14-15-6-4-3-5-7-15;1-20(2)12-13-22-15-18(19-17(22)23)8-10-21(11-9-18)14-16-6-4-3-5-7-16;18-12-14(16-13(19)15-12)6-8-17(9-7-14)10-11-4-2-1-3-5-11;1-14(2)7-8-15-9(16)11(13-10(15)17)3-5-12-6-4-11;1-11-9-8(14-7(10)4-12-9)6-3-13-15(2)5-6;1-6(2)4-3-5;5-3-4-1-2-4;1-2-4-5-3-1;/h11-13H,5-10,14H2,2-4H3,(H,25,30);3-7H,8-14H2,1-2H3,(H,19,24);3-7H,8-15H2,1-2H3,(H,19,23);1-5H,6-10H2,(H2,15,16,18,19);12H,3-8H2,1-2H3,(H,13,17);3-5H,2H3;3-4H2,1-2H3;4H,1-3H2;1-4H2;1H. The van der Waals surface area contributed by atoms with Crippen LogP contribution in [0.3, 0.4) is 0 Å². The van der Waals surface area contributed by atoms with Crippen molar-refractivity contribution < 1.29 is 65.0 Å². The van der Waals surface area contributed by atoms with Crippen molar-refractivity contribution in [1.29, 1.82) is 0 Å². The number of urea groups is 5. The maximum Gasteiger partial charge on any atom is 0.325 e. The summed E-state index contributed by atoms with van der Waals surface area (Å²) in [5, 5.41) is 31.4. The van der Waals surface area contributed by atoms with E-state index in [4.69, 9.17) is 34.5 Å². The summed E-state index contributed by atoms with van der Waals surface area (Å²) in [7, 11) is 23.8. The van der Waals surface area contributed by atoms with Crippen LogP contribution in [0, 0.1) is 19.1 Å². The molecule has 39 nitrogen and oxygen atoms in total. The van der Waals surface area contributed by atoms with Crippen LogP contribution in [0.25, 0.3) is 32.2 Å². The normalized spacial score (nSPS) is 19.3. The van der Waals surface area contributed by atoms with E-state index >= 15 is 0 Å². The van der Waals surface area contributed by atoms with Gasteiger partial charge in [-0.3, -0.25) is 53.6 Å². The molecule has 7 aromatic rings. The Bertz CT molecular complexity index is 5350. The molecule has 145 heavy (non-hydrogen) atoms. The lowest BCUT2D eigenvalue weighted by atomic mass is 9.87. The van der Waals surface area contributed by atoms with E-state index in [9.17, 15) is 38.4 Å². The molecule has 12 aliphatic rings. The van der Waals surface area contributed by atoms with Crippen molar-refractivity contribution in [3.8, 4) is 22.5 Å². The fraction of sp³-hybridized carbons (Fsp3) is 0.588. The van der Waals surface area contributed by atoms with Crippen molar-refractivity contribution in [2.75, 3.05) is 237 Å². The lowest BCUT2D eigenvalue weighted by molar-refractivity contribution is -0.855. The second-order valence-electron chi connectivity index (χ2n) is 40.3. The zero-order valence-electron chi connectivity index (χ0n) is 86.4. The number of alkyl halides is 2. The van der Waals surface area contributed by atoms with Crippen LogP contribution < -0.4 is 64.0 Å².